The van der Waals surface area contributed by atoms with Crippen molar-refractivity contribution >= 4 is 11.8 Å². The summed E-state index contributed by atoms with van der Waals surface area (Å²) in [5.74, 6) is 1.40. The van der Waals surface area contributed by atoms with E-state index >= 15 is 0 Å². The number of thioether (sulfide) groups is 1. The second-order valence-corrected chi connectivity index (χ2v) is 8.08. The third-order valence-corrected chi connectivity index (χ3v) is 6.21. The molecule has 126 valence electrons. The van der Waals surface area contributed by atoms with Crippen LogP contribution in [-0.2, 0) is 0 Å². The predicted molar refractivity (Wildman–Crippen MR) is 99.4 cm³/mol. The van der Waals surface area contributed by atoms with E-state index in [9.17, 15) is 0 Å². The molecule has 1 nitrogen and oxygen atoms in total. The molecule has 0 amide bonds. The first kappa shape index (κ1) is 19.4. The van der Waals surface area contributed by atoms with Gasteiger partial charge in [-0.3, -0.25) is 0 Å². The average Bonchev–Trinajstić information content (AvgIpc) is 2.53. The van der Waals surface area contributed by atoms with Gasteiger partial charge in [0.1, 0.15) is 0 Å². The van der Waals surface area contributed by atoms with Gasteiger partial charge in [0.2, 0.25) is 0 Å². The number of hydrogen-bond donors (Lipinski definition) is 1. The van der Waals surface area contributed by atoms with Gasteiger partial charge in [-0.1, -0.05) is 71.6 Å². The Hall–Kier alpha value is 0.310. The van der Waals surface area contributed by atoms with Crippen LogP contribution in [0.3, 0.4) is 0 Å². The third kappa shape index (κ3) is 9.84. The summed E-state index contributed by atoms with van der Waals surface area (Å²) in [6.07, 6.45) is 18.6. The monoisotopic (exact) mass is 313 g/mol. The number of unbranched alkanes of at least 4 members (excludes halogenated alkanes) is 7. The minimum Gasteiger partial charge on any atom is -0.313 e. The van der Waals surface area contributed by atoms with E-state index in [2.05, 4.69) is 30.9 Å². The predicted octanol–water partition coefficient (Wildman–Crippen LogP) is 6.17. The maximum absolute atomic E-state index is 3.84. The second kappa shape index (κ2) is 13.9. The Morgan fingerprint density at radius 2 is 1.62 bits per heavy atom. The Kier molecular flexibility index (Phi) is 12.8. The molecule has 1 saturated heterocycles. The van der Waals surface area contributed by atoms with E-state index in [1.165, 1.54) is 95.8 Å². The Balaban J connectivity index is 2.08. The lowest BCUT2D eigenvalue weighted by Crippen LogP contribution is -2.39. The molecule has 1 aliphatic heterocycles. The molecular formula is C19H39NS. The quantitative estimate of drug-likeness (QED) is 0.408. The zero-order valence-electron chi connectivity index (χ0n) is 14.7. The van der Waals surface area contributed by atoms with E-state index in [1.54, 1.807) is 0 Å². The molecule has 0 spiro atoms. The normalized spacial score (nSPS) is 20.6. The Morgan fingerprint density at radius 1 is 0.905 bits per heavy atom. The summed E-state index contributed by atoms with van der Waals surface area (Å²) in [5.41, 5.74) is 0. The number of rotatable bonds is 13. The highest BCUT2D eigenvalue weighted by atomic mass is 32.2. The second-order valence-electron chi connectivity index (χ2n) is 6.73. The first-order valence-corrected chi connectivity index (χ1v) is 10.8. The van der Waals surface area contributed by atoms with Crippen LogP contribution in [0.5, 0.6) is 0 Å². The van der Waals surface area contributed by atoms with Crippen LogP contribution in [0.2, 0.25) is 0 Å². The van der Waals surface area contributed by atoms with E-state index in [0.717, 1.165) is 11.3 Å². The molecule has 1 heterocycles. The zero-order valence-corrected chi connectivity index (χ0v) is 15.5. The molecule has 2 unspecified atom stereocenters. The third-order valence-electron chi connectivity index (χ3n) is 4.69. The highest BCUT2D eigenvalue weighted by molar-refractivity contribution is 8.00. The summed E-state index contributed by atoms with van der Waals surface area (Å²) in [7, 11) is 0. The molecule has 0 aromatic heterocycles. The van der Waals surface area contributed by atoms with Gasteiger partial charge in [0, 0.05) is 11.3 Å². The fraction of sp³-hybridized carbons (Fsp3) is 1.00. The van der Waals surface area contributed by atoms with E-state index in [4.69, 9.17) is 0 Å². The van der Waals surface area contributed by atoms with Crippen LogP contribution < -0.4 is 5.32 Å². The molecule has 1 fully saturated rings. The number of nitrogens with one attached hydrogen (secondary N) is 1. The van der Waals surface area contributed by atoms with Crippen molar-refractivity contribution in [2.45, 2.75) is 109 Å². The lowest BCUT2D eigenvalue weighted by atomic mass is 9.99. The first-order valence-electron chi connectivity index (χ1n) is 9.73. The van der Waals surface area contributed by atoms with Gasteiger partial charge in [-0.25, -0.2) is 0 Å². The molecule has 0 saturated carbocycles. The van der Waals surface area contributed by atoms with Gasteiger partial charge in [0.15, 0.2) is 0 Å². The summed E-state index contributed by atoms with van der Waals surface area (Å²) in [6.45, 7) is 5.79. The van der Waals surface area contributed by atoms with Crippen molar-refractivity contribution in [3.63, 3.8) is 0 Å². The van der Waals surface area contributed by atoms with Crippen LogP contribution in [0.15, 0.2) is 0 Å². The van der Waals surface area contributed by atoms with Crippen LogP contribution in [-0.4, -0.2) is 23.6 Å². The van der Waals surface area contributed by atoms with Crippen molar-refractivity contribution in [2.75, 3.05) is 12.3 Å². The van der Waals surface area contributed by atoms with Crippen molar-refractivity contribution in [3.8, 4) is 0 Å². The summed E-state index contributed by atoms with van der Waals surface area (Å²) in [4.78, 5) is 0. The standard InChI is InChI=1S/C19H39NS/c1-3-5-6-7-8-9-10-11-14-18(20-16-4-2)19-15-12-13-17-21-19/h18-20H,3-17H2,1-2H3. The molecule has 0 aromatic carbocycles. The van der Waals surface area contributed by atoms with Gasteiger partial charge >= 0.3 is 0 Å². The van der Waals surface area contributed by atoms with Gasteiger partial charge < -0.3 is 5.32 Å². The fourth-order valence-corrected chi connectivity index (χ4v) is 4.80. The Bertz CT molecular complexity index is 214. The molecule has 0 bridgehead atoms. The topological polar surface area (TPSA) is 12.0 Å². The molecule has 1 N–H and O–H groups in total. The summed E-state index contributed by atoms with van der Waals surface area (Å²) >= 11 is 2.24. The van der Waals surface area contributed by atoms with Crippen LogP contribution in [0.25, 0.3) is 0 Å². The summed E-state index contributed by atoms with van der Waals surface area (Å²) < 4.78 is 0. The summed E-state index contributed by atoms with van der Waals surface area (Å²) in [5, 5.41) is 4.74. The molecular weight excluding hydrogens is 274 g/mol. The van der Waals surface area contributed by atoms with Crippen LogP contribution in [0, 0.1) is 0 Å². The molecule has 0 radical (unpaired) electrons. The van der Waals surface area contributed by atoms with Crippen LogP contribution in [0.1, 0.15) is 97.3 Å². The van der Waals surface area contributed by atoms with Crippen molar-refractivity contribution in [2.24, 2.45) is 0 Å². The molecule has 21 heavy (non-hydrogen) atoms. The molecule has 0 aliphatic carbocycles. The Morgan fingerprint density at radius 3 is 2.24 bits per heavy atom. The largest absolute Gasteiger partial charge is 0.313 e. The molecule has 1 aliphatic rings. The fourth-order valence-electron chi connectivity index (χ4n) is 3.33. The Labute approximate surface area is 138 Å². The van der Waals surface area contributed by atoms with Gasteiger partial charge in [0.05, 0.1) is 0 Å². The van der Waals surface area contributed by atoms with Gasteiger partial charge in [0.25, 0.3) is 0 Å². The van der Waals surface area contributed by atoms with Crippen molar-refractivity contribution in [1.82, 2.24) is 5.32 Å². The van der Waals surface area contributed by atoms with Crippen LogP contribution in [0.4, 0.5) is 0 Å². The van der Waals surface area contributed by atoms with Crippen molar-refractivity contribution in [3.05, 3.63) is 0 Å². The average molecular weight is 314 g/mol. The van der Waals surface area contributed by atoms with Gasteiger partial charge in [-0.15, -0.1) is 0 Å². The van der Waals surface area contributed by atoms with Gasteiger partial charge in [-0.05, 0) is 38.0 Å². The molecule has 2 heteroatoms. The molecule has 0 aromatic rings. The molecule has 2 atom stereocenters. The van der Waals surface area contributed by atoms with Gasteiger partial charge in [-0.2, -0.15) is 11.8 Å². The number of hydrogen-bond acceptors (Lipinski definition) is 2. The van der Waals surface area contributed by atoms with E-state index < -0.39 is 0 Å². The smallest absolute Gasteiger partial charge is 0.0201 e. The minimum atomic E-state index is 0.787. The van der Waals surface area contributed by atoms with Crippen molar-refractivity contribution < 1.29 is 0 Å². The molecule has 1 rings (SSSR count). The van der Waals surface area contributed by atoms with E-state index in [0.29, 0.717) is 0 Å². The highest BCUT2D eigenvalue weighted by Crippen LogP contribution is 2.29. The maximum atomic E-state index is 3.84. The van der Waals surface area contributed by atoms with E-state index in [-0.39, 0.29) is 0 Å². The van der Waals surface area contributed by atoms with E-state index in [1.807, 2.05) is 0 Å². The summed E-state index contributed by atoms with van der Waals surface area (Å²) in [6, 6.07) is 0.787. The van der Waals surface area contributed by atoms with Crippen molar-refractivity contribution in [1.29, 1.82) is 0 Å². The minimum absolute atomic E-state index is 0.787. The maximum Gasteiger partial charge on any atom is 0.0201 e. The lowest BCUT2D eigenvalue weighted by Gasteiger charge is -2.30. The van der Waals surface area contributed by atoms with Crippen LogP contribution >= 0.6 is 11.8 Å². The lowest BCUT2D eigenvalue weighted by molar-refractivity contribution is 0.420. The highest BCUT2D eigenvalue weighted by Gasteiger charge is 2.23. The first-order chi connectivity index (χ1) is 10.4. The SMILES string of the molecule is CCCCCCCCCCC(NCCC)C1CCCCS1. The zero-order chi connectivity index (χ0) is 15.2.